The van der Waals surface area contributed by atoms with Crippen LogP contribution in [0.1, 0.15) is 40.7 Å². The van der Waals surface area contributed by atoms with Gasteiger partial charge in [0.25, 0.3) is 5.91 Å². The SMILES string of the molecule is CCc1ccc(-c2ccc(C3(CC(=O)NO)CCN(C(=O)c4ccccn4)CCS3(O)O)s2)cc1. The fourth-order valence-electron chi connectivity index (χ4n) is 4.39. The maximum absolute atomic E-state index is 13.0. The first-order valence-electron chi connectivity index (χ1n) is 11.4. The topological polar surface area (TPSA) is 123 Å². The monoisotopic (exact) mass is 515 g/mol. The summed E-state index contributed by atoms with van der Waals surface area (Å²) in [4.78, 5) is 32.7. The highest BCUT2D eigenvalue weighted by atomic mass is 32.3. The molecule has 4 rings (SSSR count). The molecule has 3 heterocycles. The van der Waals surface area contributed by atoms with Gasteiger partial charge in [-0.2, -0.15) is 10.6 Å². The van der Waals surface area contributed by atoms with Crippen molar-refractivity contribution in [2.45, 2.75) is 30.9 Å². The highest BCUT2D eigenvalue weighted by Gasteiger charge is 2.49. The molecule has 1 aliphatic rings. The predicted molar refractivity (Wildman–Crippen MR) is 138 cm³/mol. The molecule has 0 aliphatic carbocycles. The van der Waals surface area contributed by atoms with E-state index in [2.05, 4.69) is 24.0 Å². The molecule has 1 saturated heterocycles. The number of benzene rings is 1. The molecule has 2 amide bonds. The van der Waals surface area contributed by atoms with Crippen molar-refractivity contribution < 1.29 is 23.9 Å². The number of hydrogen-bond donors (Lipinski definition) is 4. The van der Waals surface area contributed by atoms with Gasteiger partial charge in [0.15, 0.2) is 0 Å². The quantitative estimate of drug-likeness (QED) is 0.277. The van der Waals surface area contributed by atoms with Gasteiger partial charge in [0.1, 0.15) is 10.4 Å². The number of hydroxylamine groups is 1. The van der Waals surface area contributed by atoms with Crippen molar-refractivity contribution in [3.05, 3.63) is 76.9 Å². The third-order valence-corrected chi connectivity index (χ3v) is 10.5. The summed E-state index contributed by atoms with van der Waals surface area (Å²) in [5.41, 5.74) is 4.14. The van der Waals surface area contributed by atoms with Crippen LogP contribution in [0.2, 0.25) is 0 Å². The Hall–Kier alpha value is -2.76. The highest BCUT2D eigenvalue weighted by molar-refractivity contribution is 8.25. The van der Waals surface area contributed by atoms with Gasteiger partial charge in [-0.05, 0) is 48.2 Å². The van der Waals surface area contributed by atoms with Gasteiger partial charge < -0.3 is 4.90 Å². The lowest BCUT2D eigenvalue weighted by Crippen LogP contribution is -2.39. The Morgan fingerprint density at radius 1 is 1.11 bits per heavy atom. The van der Waals surface area contributed by atoms with Gasteiger partial charge in [0.2, 0.25) is 5.91 Å². The lowest BCUT2D eigenvalue weighted by atomic mass is 9.97. The van der Waals surface area contributed by atoms with Gasteiger partial charge in [-0.15, -0.1) is 11.3 Å². The molecule has 0 spiro atoms. The van der Waals surface area contributed by atoms with Gasteiger partial charge in [0, 0.05) is 29.0 Å². The number of aromatic nitrogens is 1. The number of rotatable bonds is 6. The van der Waals surface area contributed by atoms with Crippen LogP contribution >= 0.6 is 21.9 Å². The molecular weight excluding hydrogens is 486 g/mol. The van der Waals surface area contributed by atoms with E-state index in [4.69, 9.17) is 0 Å². The number of carbonyl (C=O) groups is 2. The number of carbonyl (C=O) groups excluding carboxylic acids is 2. The van der Waals surface area contributed by atoms with Crippen molar-refractivity contribution in [3.63, 3.8) is 0 Å². The summed E-state index contributed by atoms with van der Waals surface area (Å²) in [5.74, 6) is -1.09. The number of pyridine rings is 1. The summed E-state index contributed by atoms with van der Waals surface area (Å²) in [7, 11) is -3.38. The number of nitrogens with one attached hydrogen (secondary N) is 1. The van der Waals surface area contributed by atoms with Gasteiger partial charge in [-0.1, -0.05) is 37.3 Å². The zero-order chi connectivity index (χ0) is 25.1. The molecule has 8 nitrogen and oxygen atoms in total. The predicted octanol–water partition coefficient (Wildman–Crippen LogP) is 4.76. The third kappa shape index (κ3) is 5.12. The molecule has 10 heteroatoms. The minimum atomic E-state index is -3.38. The van der Waals surface area contributed by atoms with Crippen LogP contribution in [0.4, 0.5) is 0 Å². The molecule has 0 bridgehead atoms. The molecule has 1 atom stereocenters. The molecule has 1 aromatic carbocycles. The Balaban J connectivity index is 1.70. The zero-order valence-electron chi connectivity index (χ0n) is 19.4. The smallest absolute Gasteiger partial charge is 0.272 e. The summed E-state index contributed by atoms with van der Waals surface area (Å²) in [6, 6.07) is 17.0. The van der Waals surface area contributed by atoms with E-state index in [0.717, 1.165) is 16.9 Å². The van der Waals surface area contributed by atoms with Crippen LogP contribution in [-0.2, 0) is 16.0 Å². The van der Waals surface area contributed by atoms with Gasteiger partial charge in [0.05, 0.1) is 12.2 Å². The van der Waals surface area contributed by atoms with E-state index < -0.39 is 21.2 Å². The van der Waals surface area contributed by atoms with Crippen LogP contribution in [0.3, 0.4) is 0 Å². The van der Waals surface area contributed by atoms with Crippen molar-refractivity contribution in [3.8, 4) is 10.4 Å². The Kier molecular flexibility index (Phi) is 7.58. The maximum atomic E-state index is 13.0. The number of hydrogen-bond acceptors (Lipinski definition) is 7. The number of thiophene rings is 1. The second kappa shape index (κ2) is 10.5. The Labute approximate surface area is 209 Å². The first-order chi connectivity index (χ1) is 16.8. The molecule has 1 unspecified atom stereocenters. The van der Waals surface area contributed by atoms with E-state index in [-0.39, 0.29) is 43.3 Å². The minimum absolute atomic E-state index is 0.0806. The van der Waals surface area contributed by atoms with Crippen LogP contribution in [0.15, 0.2) is 60.8 Å². The van der Waals surface area contributed by atoms with E-state index in [1.54, 1.807) is 28.6 Å². The van der Waals surface area contributed by atoms with Crippen LogP contribution in [0.25, 0.3) is 10.4 Å². The Morgan fingerprint density at radius 2 is 1.89 bits per heavy atom. The normalized spacial score (nSPS) is 20.6. The molecule has 186 valence electrons. The average Bonchev–Trinajstić information content (AvgIpc) is 3.34. The average molecular weight is 516 g/mol. The molecule has 0 radical (unpaired) electrons. The van der Waals surface area contributed by atoms with E-state index in [1.165, 1.54) is 23.1 Å². The van der Waals surface area contributed by atoms with Crippen molar-refractivity contribution in [1.29, 1.82) is 0 Å². The Bertz CT molecular complexity index is 1180. The van der Waals surface area contributed by atoms with E-state index in [1.807, 2.05) is 24.3 Å². The maximum Gasteiger partial charge on any atom is 0.272 e. The molecule has 3 aromatic rings. The van der Waals surface area contributed by atoms with Crippen LogP contribution < -0.4 is 5.48 Å². The second-order valence-corrected chi connectivity index (χ2v) is 12.2. The van der Waals surface area contributed by atoms with Crippen molar-refractivity contribution in [1.82, 2.24) is 15.4 Å². The number of amides is 2. The van der Waals surface area contributed by atoms with Gasteiger partial charge in [-0.3, -0.25) is 28.9 Å². The third-order valence-electron chi connectivity index (χ3n) is 6.50. The molecule has 1 aliphatic heterocycles. The number of aryl methyl sites for hydroxylation is 1. The molecule has 0 saturated carbocycles. The van der Waals surface area contributed by atoms with Crippen molar-refractivity contribution in [2.75, 3.05) is 18.8 Å². The number of nitrogens with zero attached hydrogens (tertiary/aromatic N) is 2. The largest absolute Gasteiger partial charge is 0.336 e. The first kappa shape index (κ1) is 25.3. The van der Waals surface area contributed by atoms with Crippen LogP contribution in [0, 0.1) is 0 Å². The lowest BCUT2D eigenvalue weighted by Gasteiger charge is -2.48. The fourth-order valence-corrected chi connectivity index (χ4v) is 8.08. The van der Waals surface area contributed by atoms with E-state index >= 15 is 0 Å². The fraction of sp³-hybridized carbons (Fsp3) is 0.320. The first-order valence-corrected chi connectivity index (χ1v) is 13.9. The minimum Gasteiger partial charge on any atom is -0.336 e. The van der Waals surface area contributed by atoms with Gasteiger partial charge >= 0.3 is 0 Å². The highest BCUT2D eigenvalue weighted by Crippen LogP contribution is 2.64. The summed E-state index contributed by atoms with van der Waals surface area (Å²) < 4.78 is 21.5. The van der Waals surface area contributed by atoms with E-state index in [9.17, 15) is 23.9 Å². The van der Waals surface area contributed by atoms with Crippen LogP contribution in [-0.4, -0.2) is 54.9 Å². The Morgan fingerprint density at radius 3 is 2.54 bits per heavy atom. The summed E-state index contributed by atoms with van der Waals surface area (Å²) in [6.07, 6.45) is 2.31. The van der Waals surface area contributed by atoms with E-state index in [0.29, 0.717) is 4.88 Å². The molecule has 35 heavy (non-hydrogen) atoms. The van der Waals surface area contributed by atoms with Crippen molar-refractivity contribution >= 4 is 33.7 Å². The zero-order valence-corrected chi connectivity index (χ0v) is 21.0. The van der Waals surface area contributed by atoms with Crippen LogP contribution in [0.5, 0.6) is 0 Å². The van der Waals surface area contributed by atoms with Gasteiger partial charge in [-0.25, -0.2) is 5.48 Å². The summed E-state index contributed by atoms with van der Waals surface area (Å²) >= 11 is 1.40. The molecule has 4 N–H and O–H groups in total. The lowest BCUT2D eigenvalue weighted by molar-refractivity contribution is -0.130. The molecule has 2 aromatic heterocycles. The standard InChI is InChI=1S/C25H29N3O5S2/c1-2-18-6-8-19(9-7-18)21-10-11-22(34-21)25(17-23(29)27-31)12-14-28(15-16-35(25,32)33)24(30)20-5-3-4-13-26-20/h3-11,13,31-33H,2,12,14-17H2,1H3,(H,27,29). The summed E-state index contributed by atoms with van der Waals surface area (Å²) in [6.45, 7) is 2.42. The second-order valence-electron chi connectivity index (χ2n) is 8.55. The van der Waals surface area contributed by atoms with Crippen molar-refractivity contribution in [2.24, 2.45) is 0 Å². The molecule has 1 fully saturated rings. The molecular formula is C25H29N3O5S2. The summed E-state index contributed by atoms with van der Waals surface area (Å²) in [5, 5.41) is 9.27.